The fraction of sp³-hybridized carbons (Fsp3) is 0.300. The van der Waals surface area contributed by atoms with Crippen LogP contribution in [0.25, 0.3) is 22.4 Å². The molecule has 1 aliphatic rings. The first-order chi connectivity index (χ1) is 13.3. The molecule has 0 unspecified atom stereocenters. The summed E-state index contributed by atoms with van der Waals surface area (Å²) in [6.45, 7) is 5.15. The minimum absolute atomic E-state index is 0.254. The first-order valence-electron chi connectivity index (χ1n) is 9.09. The van der Waals surface area contributed by atoms with E-state index in [1.54, 1.807) is 29.3 Å². The number of aromatic nitrogens is 3. The molecule has 27 heavy (non-hydrogen) atoms. The van der Waals surface area contributed by atoms with Crippen LogP contribution < -0.4 is 5.43 Å². The van der Waals surface area contributed by atoms with E-state index in [1.165, 1.54) is 12.1 Å². The van der Waals surface area contributed by atoms with E-state index in [-0.39, 0.29) is 5.82 Å². The molecule has 3 heterocycles. The van der Waals surface area contributed by atoms with Crippen LogP contribution in [0.15, 0.2) is 55.0 Å². The molecule has 0 bridgehead atoms. The Balaban J connectivity index is 1.59. The van der Waals surface area contributed by atoms with Gasteiger partial charge in [-0.05, 0) is 42.0 Å². The van der Waals surface area contributed by atoms with Crippen LogP contribution in [0.2, 0.25) is 0 Å². The Hall–Kier alpha value is -2.77. The van der Waals surface area contributed by atoms with Crippen LogP contribution in [0, 0.1) is 5.82 Å². The number of rotatable bonds is 6. The van der Waals surface area contributed by atoms with Crippen molar-refractivity contribution >= 4 is 0 Å². The standard InChI is InChI=1S/C20H22FN5O/c21-18-3-1-17(2-4-18)20-19(16-5-7-22-8-6-16)15-24-26(20)23-9-10-25-11-13-27-14-12-25/h1-8,15,23H,9-14H2. The second kappa shape index (κ2) is 8.28. The van der Waals surface area contributed by atoms with E-state index in [2.05, 4.69) is 20.4 Å². The number of ether oxygens (including phenoxy) is 1. The van der Waals surface area contributed by atoms with Gasteiger partial charge >= 0.3 is 0 Å². The van der Waals surface area contributed by atoms with E-state index < -0.39 is 0 Å². The lowest BCUT2D eigenvalue weighted by molar-refractivity contribution is 0.0395. The average Bonchev–Trinajstić information content (AvgIpc) is 3.14. The summed E-state index contributed by atoms with van der Waals surface area (Å²) < 4.78 is 18.8. The van der Waals surface area contributed by atoms with E-state index in [4.69, 9.17) is 4.74 Å². The van der Waals surface area contributed by atoms with Gasteiger partial charge in [-0.2, -0.15) is 9.89 Å². The van der Waals surface area contributed by atoms with Crippen LogP contribution in [0.5, 0.6) is 0 Å². The van der Waals surface area contributed by atoms with Gasteiger partial charge in [0.2, 0.25) is 0 Å². The zero-order valence-corrected chi connectivity index (χ0v) is 15.0. The number of halogens is 1. The summed E-state index contributed by atoms with van der Waals surface area (Å²) >= 11 is 0. The van der Waals surface area contributed by atoms with Crippen molar-refractivity contribution in [1.82, 2.24) is 19.8 Å². The van der Waals surface area contributed by atoms with Crippen molar-refractivity contribution in [1.29, 1.82) is 0 Å². The number of nitrogens with zero attached hydrogens (tertiary/aromatic N) is 4. The lowest BCUT2D eigenvalue weighted by atomic mass is 10.0. The van der Waals surface area contributed by atoms with Gasteiger partial charge in [0.1, 0.15) is 5.82 Å². The molecule has 1 aliphatic heterocycles. The molecule has 1 saturated heterocycles. The molecule has 2 aromatic heterocycles. The van der Waals surface area contributed by atoms with Crippen molar-refractivity contribution in [2.24, 2.45) is 0 Å². The van der Waals surface area contributed by atoms with Crippen molar-refractivity contribution in [3.05, 3.63) is 60.8 Å². The molecule has 4 rings (SSSR count). The Morgan fingerprint density at radius 1 is 1.00 bits per heavy atom. The van der Waals surface area contributed by atoms with Gasteiger partial charge in [-0.1, -0.05) is 0 Å². The molecule has 140 valence electrons. The molecule has 0 spiro atoms. The molecular formula is C20H22FN5O. The van der Waals surface area contributed by atoms with Gasteiger partial charge in [0, 0.05) is 49.7 Å². The number of hydrogen-bond acceptors (Lipinski definition) is 5. The molecular weight excluding hydrogens is 345 g/mol. The molecule has 3 aromatic rings. The number of pyridine rings is 1. The molecule has 7 heteroatoms. The van der Waals surface area contributed by atoms with Crippen molar-refractivity contribution in [3.63, 3.8) is 0 Å². The highest BCUT2D eigenvalue weighted by molar-refractivity contribution is 5.80. The molecule has 1 N–H and O–H groups in total. The van der Waals surface area contributed by atoms with E-state index in [9.17, 15) is 4.39 Å². The van der Waals surface area contributed by atoms with Gasteiger partial charge in [-0.3, -0.25) is 9.88 Å². The molecule has 0 aliphatic carbocycles. The lowest BCUT2D eigenvalue weighted by Gasteiger charge is -2.26. The predicted molar refractivity (Wildman–Crippen MR) is 102 cm³/mol. The monoisotopic (exact) mass is 367 g/mol. The lowest BCUT2D eigenvalue weighted by Crippen LogP contribution is -2.40. The van der Waals surface area contributed by atoms with Gasteiger partial charge in [0.15, 0.2) is 0 Å². The SMILES string of the molecule is Fc1ccc(-c2c(-c3ccncc3)cnn2NCCN2CCOCC2)cc1. The summed E-state index contributed by atoms with van der Waals surface area (Å²) in [7, 11) is 0. The molecule has 0 saturated carbocycles. The third-order valence-electron chi connectivity index (χ3n) is 4.67. The minimum atomic E-state index is -0.254. The van der Waals surface area contributed by atoms with Crippen LogP contribution in [0.4, 0.5) is 4.39 Å². The van der Waals surface area contributed by atoms with Gasteiger partial charge in [-0.15, -0.1) is 0 Å². The Morgan fingerprint density at radius 3 is 2.48 bits per heavy atom. The first-order valence-corrected chi connectivity index (χ1v) is 9.09. The predicted octanol–water partition coefficient (Wildman–Crippen LogP) is 2.63. The third kappa shape index (κ3) is 4.15. The number of nitrogens with one attached hydrogen (secondary N) is 1. The molecule has 6 nitrogen and oxygen atoms in total. The van der Waals surface area contributed by atoms with Crippen LogP contribution >= 0.6 is 0 Å². The maximum absolute atomic E-state index is 13.4. The number of morpholine rings is 1. The fourth-order valence-corrected chi connectivity index (χ4v) is 3.24. The summed E-state index contributed by atoms with van der Waals surface area (Å²) in [5.74, 6) is -0.254. The summed E-state index contributed by atoms with van der Waals surface area (Å²) in [5.41, 5.74) is 7.18. The molecule has 0 atom stereocenters. The summed E-state index contributed by atoms with van der Waals surface area (Å²) in [6, 6.07) is 10.4. The molecule has 0 amide bonds. The van der Waals surface area contributed by atoms with Crippen LogP contribution in [-0.4, -0.2) is 59.2 Å². The third-order valence-corrected chi connectivity index (χ3v) is 4.67. The van der Waals surface area contributed by atoms with Crippen molar-refractivity contribution in [2.75, 3.05) is 44.8 Å². The quantitative estimate of drug-likeness (QED) is 0.726. The largest absolute Gasteiger partial charge is 0.379 e. The van der Waals surface area contributed by atoms with Gasteiger partial charge in [-0.25, -0.2) is 4.39 Å². The maximum atomic E-state index is 13.4. The van der Waals surface area contributed by atoms with Crippen LogP contribution in [0.1, 0.15) is 0 Å². The highest BCUT2D eigenvalue weighted by Crippen LogP contribution is 2.31. The zero-order valence-electron chi connectivity index (χ0n) is 15.0. The van der Waals surface area contributed by atoms with Gasteiger partial charge in [0.05, 0.1) is 25.1 Å². The first kappa shape index (κ1) is 17.6. The molecule has 1 fully saturated rings. The smallest absolute Gasteiger partial charge is 0.123 e. The van der Waals surface area contributed by atoms with Crippen LogP contribution in [0.3, 0.4) is 0 Å². The van der Waals surface area contributed by atoms with Gasteiger partial charge < -0.3 is 10.2 Å². The minimum Gasteiger partial charge on any atom is -0.379 e. The number of benzene rings is 1. The van der Waals surface area contributed by atoms with E-state index in [0.717, 1.165) is 61.8 Å². The topological polar surface area (TPSA) is 55.2 Å². The average molecular weight is 367 g/mol. The second-order valence-electron chi connectivity index (χ2n) is 6.42. The summed E-state index contributed by atoms with van der Waals surface area (Å²) in [5, 5.41) is 4.52. The van der Waals surface area contributed by atoms with E-state index in [1.807, 2.05) is 18.3 Å². The normalized spacial score (nSPS) is 15.0. The van der Waals surface area contributed by atoms with Crippen molar-refractivity contribution in [3.8, 4) is 22.4 Å². The molecule has 0 radical (unpaired) electrons. The fourth-order valence-electron chi connectivity index (χ4n) is 3.24. The Kier molecular flexibility index (Phi) is 5.41. The van der Waals surface area contributed by atoms with E-state index >= 15 is 0 Å². The summed E-state index contributed by atoms with van der Waals surface area (Å²) in [4.78, 5) is 8.23. The number of hydrogen-bond donors (Lipinski definition) is 1. The maximum Gasteiger partial charge on any atom is 0.123 e. The highest BCUT2D eigenvalue weighted by atomic mass is 19.1. The Bertz CT molecular complexity index is 860. The van der Waals surface area contributed by atoms with E-state index in [0.29, 0.717) is 0 Å². The van der Waals surface area contributed by atoms with Crippen molar-refractivity contribution < 1.29 is 9.13 Å². The Morgan fingerprint density at radius 2 is 1.74 bits per heavy atom. The summed E-state index contributed by atoms with van der Waals surface area (Å²) in [6.07, 6.45) is 5.34. The second-order valence-corrected chi connectivity index (χ2v) is 6.42. The van der Waals surface area contributed by atoms with Gasteiger partial charge in [0.25, 0.3) is 0 Å². The zero-order chi connectivity index (χ0) is 18.5. The Labute approximate surface area is 157 Å². The molecule has 1 aromatic carbocycles. The van der Waals surface area contributed by atoms with Crippen LogP contribution in [-0.2, 0) is 4.74 Å². The highest BCUT2D eigenvalue weighted by Gasteiger charge is 2.16. The van der Waals surface area contributed by atoms with Crippen molar-refractivity contribution in [2.45, 2.75) is 0 Å².